The monoisotopic (exact) mass is 189 g/mol. The van der Waals surface area contributed by atoms with E-state index in [0.29, 0.717) is 19.6 Å². The Hall–Kier alpha value is -0.260. The average Bonchev–Trinajstić information content (AvgIpc) is 2.02. The van der Waals surface area contributed by atoms with E-state index in [0.717, 1.165) is 5.75 Å². The SMILES string of the molecule is O=C(O)C1CCSC2(COC2)N1. The van der Waals surface area contributed by atoms with Crippen molar-refractivity contribution in [3.63, 3.8) is 0 Å². The zero-order valence-corrected chi connectivity index (χ0v) is 7.39. The van der Waals surface area contributed by atoms with Crippen molar-refractivity contribution in [2.24, 2.45) is 0 Å². The molecule has 0 saturated carbocycles. The molecule has 1 unspecified atom stereocenters. The van der Waals surface area contributed by atoms with Gasteiger partial charge in [-0.15, -0.1) is 11.8 Å². The first-order valence-electron chi connectivity index (χ1n) is 3.94. The van der Waals surface area contributed by atoms with Gasteiger partial charge in [0.15, 0.2) is 0 Å². The standard InChI is InChI=1S/C7H11NO3S/c9-6(10)5-1-2-12-7(8-5)3-11-4-7/h5,8H,1-4H2,(H,9,10). The number of rotatable bonds is 1. The maximum atomic E-state index is 10.7. The zero-order chi connectivity index (χ0) is 8.60. The van der Waals surface area contributed by atoms with Crippen molar-refractivity contribution in [1.82, 2.24) is 5.32 Å². The van der Waals surface area contributed by atoms with Gasteiger partial charge in [0.05, 0.1) is 13.2 Å². The first-order valence-corrected chi connectivity index (χ1v) is 4.93. The molecule has 2 rings (SSSR count). The van der Waals surface area contributed by atoms with Crippen molar-refractivity contribution in [1.29, 1.82) is 0 Å². The minimum absolute atomic E-state index is 0.0820. The van der Waals surface area contributed by atoms with E-state index >= 15 is 0 Å². The minimum atomic E-state index is -0.749. The molecule has 2 N–H and O–H groups in total. The Morgan fingerprint density at radius 1 is 1.67 bits per heavy atom. The molecule has 0 aromatic carbocycles. The van der Waals surface area contributed by atoms with Crippen LogP contribution < -0.4 is 5.32 Å². The Bertz CT molecular complexity index is 205. The summed E-state index contributed by atoms with van der Waals surface area (Å²) in [6.45, 7) is 1.28. The van der Waals surface area contributed by atoms with Gasteiger partial charge in [-0.1, -0.05) is 0 Å². The van der Waals surface area contributed by atoms with Gasteiger partial charge in [0, 0.05) is 0 Å². The van der Waals surface area contributed by atoms with Crippen LogP contribution in [0.1, 0.15) is 6.42 Å². The summed E-state index contributed by atoms with van der Waals surface area (Å²) < 4.78 is 5.07. The Kier molecular flexibility index (Phi) is 2.02. The average molecular weight is 189 g/mol. The number of nitrogens with one attached hydrogen (secondary N) is 1. The fourth-order valence-electron chi connectivity index (χ4n) is 1.44. The van der Waals surface area contributed by atoms with Gasteiger partial charge in [0.2, 0.25) is 0 Å². The molecule has 1 atom stereocenters. The highest BCUT2D eigenvalue weighted by molar-refractivity contribution is 8.00. The van der Waals surface area contributed by atoms with Gasteiger partial charge in [-0.05, 0) is 12.2 Å². The molecule has 2 aliphatic heterocycles. The number of thioether (sulfide) groups is 1. The van der Waals surface area contributed by atoms with Gasteiger partial charge in [-0.2, -0.15) is 0 Å². The summed E-state index contributed by atoms with van der Waals surface area (Å²) in [5.74, 6) is 0.162. The summed E-state index contributed by atoms with van der Waals surface area (Å²) in [7, 11) is 0. The van der Waals surface area contributed by atoms with E-state index in [2.05, 4.69) is 5.32 Å². The van der Waals surface area contributed by atoms with E-state index in [1.165, 1.54) is 0 Å². The first-order chi connectivity index (χ1) is 5.72. The van der Waals surface area contributed by atoms with E-state index in [4.69, 9.17) is 9.84 Å². The predicted octanol–water partition coefficient (Wildman–Crippen LogP) is -0.107. The fourth-order valence-corrected chi connectivity index (χ4v) is 2.75. The third-order valence-electron chi connectivity index (χ3n) is 2.19. The van der Waals surface area contributed by atoms with Crippen molar-refractivity contribution in [3.8, 4) is 0 Å². The molecule has 0 aliphatic carbocycles. The summed E-state index contributed by atoms with van der Waals surface area (Å²) in [4.78, 5) is 10.6. The molecular weight excluding hydrogens is 178 g/mol. The predicted molar refractivity (Wildman–Crippen MR) is 45.2 cm³/mol. The van der Waals surface area contributed by atoms with Crippen molar-refractivity contribution in [2.45, 2.75) is 17.3 Å². The second-order valence-corrected chi connectivity index (χ2v) is 4.64. The van der Waals surface area contributed by atoms with E-state index in [9.17, 15) is 4.79 Å². The topological polar surface area (TPSA) is 58.6 Å². The lowest BCUT2D eigenvalue weighted by Crippen LogP contribution is -2.64. The lowest BCUT2D eigenvalue weighted by atomic mass is 10.1. The molecule has 1 spiro atoms. The maximum Gasteiger partial charge on any atom is 0.320 e. The molecule has 0 bridgehead atoms. The van der Waals surface area contributed by atoms with Gasteiger partial charge < -0.3 is 9.84 Å². The quantitative estimate of drug-likeness (QED) is 0.603. The van der Waals surface area contributed by atoms with Crippen LogP contribution in [-0.4, -0.2) is 41.0 Å². The number of carbonyl (C=O) groups is 1. The van der Waals surface area contributed by atoms with Crippen LogP contribution in [-0.2, 0) is 9.53 Å². The maximum absolute atomic E-state index is 10.7. The summed E-state index contributed by atoms with van der Waals surface area (Å²) in [6.07, 6.45) is 0.710. The fraction of sp³-hybridized carbons (Fsp3) is 0.857. The molecule has 4 nitrogen and oxygen atoms in total. The number of aliphatic carboxylic acids is 1. The first kappa shape index (κ1) is 8.34. The van der Waals surface area contributed by atoms with Gasteiger partial charge in [0.1, 0.15) is 10.9 Å². The van der Waals surface area contributed by atoms with Crippen LogP contribution in [0.25, 0.3) is 0 Å². The molecule has 0 radical (unpaired) electrons. The number of ether oxygens (including phenoxy) is 1. The number of carboxylic acids is 1. The number of hydrogen-bond donors (Lipinski definition) is 2. The van der Waals surface area contributed by atoms with Crippen molar-refractivity contribution < 1.29 is 14.6 Å². The molecule has 2 saturated heterocycles. The normalized spacial score (nSPS) is 32.8. The lowest BCUT2D eigenvalue weighted by Gasteiger charge is -2.46. The lowest BCUT2D eigenvalue weighted by molar-refractivity contribution is -0.141. The molecule has 2 fully saturated rings. The molecule has 2 heterocycles. The Morgan fingerprint density at radius 2 is 2.42 bits per heavy atom. The smallest absolute Gasteiger partial charge is 0.320 e. The second kappa shape index (κ2) is 2.90. The van der Waals surface area contributed by atoms with Gasteiger partial charge in [0.25, 0.3) is 0 Å². The van der Waals surface area contributed by atoms with Crippen LogP contribution >= 0.6 is 11.8 Å². The summed E-state index contributed by atoms with van der Waals surface area (Å²) in [6, 6.07) is -0.379. The van der Waals surface area contributed by atoms with E-state index in [-0.39, 0.29) is 10.9 Å². The summed E-state index contributed by atoms with van der Waals surface area (Å²) in [5, 5.41) is 11.9. The second-order valence-electron chi connectivity index (χ2n) is 3.16. The van der Waals surface area contributed by atoms with Gasteiger partial charge in [-0.25, -0.2) is 0 Å². The van der Waals surface area contributed by atoms with Gasteiger partial charge in [-0.3, -0.25) is 10.1 Å². The Labute approximate surface area is 74.7 Å². The van der Waals surface area contributed by atoms with Crippen LogP contribution in [0.15, 0.2) is 0 Å². The van der Waals surface area contributed by atoms with Crippen molar-refractivity contribution in [2.75, 3.05) is 19.0 Å². The highest BCUT2D eigenvalue weighted by Gasteiger charge is 2.44. The largest absolute Gasteiger partial charge is 0.480 e. The summed E-state index contributed by atoms with van der Waals surface area (Å²) in [5.41, 5.74) is 0. The molecule has 12 heavy (non-hydrogen) atoms. The molecule has 0 amide bonds. The Balaban J connectivity index is 1.98. The third kappa shape index (κ3) is 1.32. The minimum Gasteiger partial charge on any atom is -0.480 e. The van der Waals surface area contributed by atoms with Crippen LogP contribution in [0.3, 0.4) is 0 Å². The van der Waals surface area contributed by atoms with Crippen LogP contribution in [0.5, 0.6) is 0 Å². The van der Waals surface area contributed by atoms with E-state index < -0.39 is 5.97 Å². The van der Waals surface area contributed by atoms with Gasteiger partial charge >= 0.3 is 5.97 Å². The number of carboxylic acid groups (broad SMARTS) is 1. The number of hydrogen-bond acceptors (Lipinski definition) is 4. The molecule has 2 aliphatic rings. The molecule has 0 aromatic heterocycles. The summed E-state index contributed by atoms with van der Waals surface area (Å²) >= 11 is 1.77. The van der Waals surface area contributed by atoms with Crippen molar-refractivity contribution in [3.05, 3.63) is 0 Å². The van der Waals surface area contributed by atoms with Crippen LogP contribution in [0.2, 0.25) is 0 Å². The van der Waals surface area contributed by atoms with Crippen molar-refractivity contribution >= 4 is 17.7 Å². The zero-order valence-electron chi connectivity index (χ0n) is 6.58. The van der Waals surface area contributed by atoms with E-state index in [1.54, 1.807) is 11.8 Å². The molecule has 5 heteroatoms. The third-order valence-corrected chi connectivity index (χ3v) is 3.54. The van der Waals surface area contributed by atoms with E-state index in [1.807, 2.05) is 0 Å². The highest BCUT2D eigenvalue weighted by Crippen LogP contribution is 2.35. The van der Waals surface area contributed by atoms with Crippen LogP contribution in [0, 0.1) is 0 Å². The Morgan fingerprint density at radius 3 is 2.92 bits per heavy atom. The van der Waals surface area contributed by atoms with Crippen LogP contribution in [0.4, 0.5) is 0 Å². The molecule has 68 valence electrons. The highest BCUT2D eigenvalue weighted by atomic mass is 32.2. The molecular formula is C7H11NO3S. The molecule has 0 aromatic rings.